The summed E-state index contributed by atoms with van der Waals surface area (Å²) in [5.74, 6) is -0.981. The maximum Gasteiger partial charge on any atom is 0.307 e. The lowest BCUT2D eigenvalue weighted by atomic mass is 10.0. The van der Waals surface area contributed by atoms with Crippen molar-refractivity contribution < 1.29 is 19.4 Å². The molecule has 0 bridgehead atoms. The lowest BCUT2D eigenvalue weighted by molar-refractivity contribution is -0.137. The molecule has 0 aliphatic rings. The van der Waals surface area contributed by atoms with E-state index in [-0.39, 0.29) is 5.97 Å². The summed E-state index contributed by atoms with van der Waals surface area (Å²) in [7, 11) is 0. The van der Waals surface area contributed by atoms with E-state index in [4.69, 9.17) is 5.11 Å². The van der Waals surface area contributed by atoms with Crippen molar-refractivity contribution in [3.63, 3.8) is 0 Å². The first kappa shape index (κ1) is 28.9. The van der Waals surface area contributed by atoms with Gasteiger partial charge in [-0.3, -0.25) is 9.59 Å². The SMILES string of the molecule is C=COC(C)=O.CCCCCCCCCCCCCCCCCCCC(=O)O. The Hall–Kier alpha value is -1.32. The van der Waals surface area contributed by atoms with Gasteiger partial charge in [0.15, 0.2) is 0 Å². The second kappa shape index (κ2) is 25.7. The van der Waals surface area contributed by atoms with E-state index >= 15 is 0 Å². The van der Waals surface area contributed by atoms with E-state index in [1.165, 1.54) is 103 Å². The first-order chi connectivity index (χ1) is 13.5. The highest BCUT2D eigenvalue weighted by molar-refractivity contribution is 5.66. The number of aliphatic carboxylic acids is 1. The van der Waals surface area contributed by atoms with Crippen molar-refractivity contribution in [2.75, 3.05) is 0 Å². The molecular weight excluding hydrogens is 352 g/mol. The zero-order valence-corrected chi connectivity index (χ0v) is 18.7. The molecular formula is C24H46O4. The van der Waals surface area contributed by atoms with Gasteiger partial charge in [0, 0.05) is 13.3 Å². The van der Waals surface area contributed by atoms with Gasteiger partial charge in [0.25, 0.3) is 0 Å². The molecule has 28 heavy (non-hydrogen) atoms. The Labute approximate surface area is 174 Å². The molecule has 0 saturated carbocycles. The van der Waals surface area contributed by atoms with Crippen LogP contribution in [0.4, 0.5) is 0 Å². The molecule has 0 saturated heterocycles. The molecule has 0 aliphatic carbocycles. The van der Waals surface area contributed by atoms with Crippen LogP contribution in [0.3, 0.4) is 0 Å². The van der Waals surface area contributed by atoms with Crippen molar-refractivity contribution in [2.45, 2.75) is 129 Å². The minimum atomic E-state index is -0.652. The average molecular weight is 399 g/mol. The summed E-state index contributed by atoms with van der Waals surface area (Å²) in [6, 6.07) is 0. The van der Waals surface area contributed by atoms with Gasteiger partial charge < -0.3 is 9.84 Å². The number of carboxylic acids is 1. The molecule has 0 aromatic heterocycles. The van der Waals surface area contributed by atoms with Crippen molar-refractivity contribution >= 4 is 11.9 Å². The average Bonchev–Trinajstić information content (AvgIpc) is 2.64. The zero-order chi connectivity index (χ0) is 21.3. The summed E-state index contributed by atoms with van der Waals surface area (Å²) in [4.78, 5) is 20.1. The molecule has 4 heteroatoms. The molecule has 0 fully saturated rings. The number of hydrogen-bond donors (Lipinski definition) is 1. The van der Waals surface area contributed by atoms with E-state index in [0.29, 0.717) is 6.42 Å². The minimum absolute atomic E-state index is 0.329. The monoisotopic (exact) mass is 398 g/mol. The fraction of sp³-hybridized carbons (Fsp3) is 0.833. The minimum Gasteiger partial charge on any atom is -0.481 e. The number of esters is 1. The third-order valence-corrected chi connectivity index (χ3v) is 4.74. The van der Waals surface area contributed by atoms with Crippen LogP contribution in [0.15, 0.2) is 12.8 Å². The lowest BCUT2D eigenvalue weighted by Crippen LogP contribution is -1.93. The maximum atomic E-state index is 10.4. The number of hydrogen-bond acceptors (Lipinski definition) is 3. The third kappa shape index (κ3) is 32.4. The molecule has 0 radical (unpaired) electrons. The van der Waals surface area contributed by atoms with Crippen LogP contribution in [0.2, 0.25) is 0 Å². The second-order valence-electron chi connectivity index (χ2n) is 7.58. The van der Waals surface area contributed by atoms with Crippen LogP contribution in [0.5, 0.6) is 0 Å². The van der Waals surface area contributed by atoms with Crippen molar-refractivity contribution in [3.05, 3.63) is 12.8 Å². The molecule has 1 N–H and O–H groups in total. The van der Waals surface area contributed by atoms with Gasteiger partial charge in [-0.1, -0.05) is 116 Å². The number of carbonyl (C=O) groups excluding carboxylic acids is 1. The highest BCUT2D eigenvalue weighted by atomic mass is 16.5. The van der Waals surface area contributed by atoms with Crippen LogP contribution in [0, 0.1) is 0 Å². The van der Waals surface area contributed by atoms with Gasteiger partial charge in [0.1, 0.15) is 0 Å². The highest BCUT2D eigenvalue weighted by Gasteiger charge is 1.97. The fourth-order valence-electron chi connectivity index (χ4n) is 3.12. The molecule has 0 spiro atoms. The molecule has 0 atom stereocenters. The summed E-state index contributed by atoms with van der Waals surface area (Å²) in [5.41, 5.74) is 0. The summed E-state index contributed by atoms with van der Waals surface area (Å²) in [6.07, 6.45) is 24.2. The van der Waals surface area contributed by atoms with Crippen molar-refractivity contribution in [2.24, 2.45) is 0 Å². The Morgan fingerprint density at radius 3 is 1.25 bits per heavy atom. The van der Waals surface area contributed by atoms with E-state index in [9.17, 15) is 9.59 Å². The number of rotatable bonds is 19. The molecule has 0 amide bonds. The first-order valence-electron chi connectivity index (χ1n) is 11.5. The van der Waals surface area contributed by atoms with Gasteiger partial charge in [-0.15, -0.1) is 0 Å². The van der Waals surface area contributed by atoms with Crippen molar-refractivity contribution in [1.29, 1.82) is 0 Å². The Morgan fingerprint density at radius 1 is 0.714 bits per heavy atom. The molecule has 0 aromatic carbocycles. The van der Waals surface area contributed by atoms with E-state index in [1.807, 2.05) is 0 Å². The van der Waals surface area contributed by atoms with Crippen LogP contribution in [0.25, 0.3) is 0 Å². The van der Waals surface area contributed by atoms with Gasteiger partial charge in [-0.05, 0) is 6.42 Å². The van der Waals surface area contributed by atoms with Crippen LogP contribution in [-0.2, 0) is 14.3 Å². The van der Waals surface area contributed by atoms with Gasteiger partial charge in [-0.25, -0.2) is 0 Å². The molecule has 0 aromatic rings. The topological polar surface area (TPSA) is 63.6 Å². The predicted octanol–water partition coefficient (Wildman–Crippen LogP) is 7.81. The number of unbranched alkanes of at least 4 members (excludes halogenated alkanes) is 16. The maximum absolute atomic E-state index is 10.4. The Morgan fingerprint density at radius 2 is 1.04 bits per heavy atom. The van der Waals surface area contributed by atoms with E-state index < -0.39 is 5.97 Å². The van der Waals surface area contributed by atoms with E-state index in [0.717, 1.165) is 19.1 Å². The third-order valence-electron chi connectivity index (χ3n) is 4.74. The van der Waals surface area contributed by atoms with Crippen molar-refractivity contribution in [1.82, 2.24) is 0 Å². The number of ether oxygens (including phenoxy) is 1. The van der Waals surface area contributed by atoms with Gasteiger partial charge in [0.2, 0.25) is 0 Å². The number of carboxylic acid groups (broad SMARTS) is 1. The Kier molecular flexibility index (Phi) is 26.5. The molecule has 0 unspecified atom stereocenters. The van der Waals surface area contributed by atoms with Gasteiger partial charge in [0.05, 0.1) is 6.26 Å². The van der Waals surface area contributed by atoms with Gasteiger partial charge in [-0.2, -0.15) is 0 Å². The number of carbonyl (C=O) groups is 2. The second-order valence-corrected chi connectivity index (χ2v) is 7.58. The quantitative estimate of drug-likeness (QED) is 0.137. The van der Waals surface area contributed by atoms with Crippen molar-refractivity contribution in [3.8, 4) is 0 Å². The Balaban J connectivity index is 0. The van der Waals surface area contributed by atoms with Crippen LogP contribution < -0.4 is 0 Å². The normalized spacial score (nSPS) is 10.1. The van der Waals surface area contributed by atoms with Crippen LogP contribution in [-0.4, -0.2) is 17.0 Å². The van der Waals surface area contributed by atoms with E-state index in [2.05, 4.69) is 18.2 Å². The molecule has 0 heterocycles. The summed E-state index contributed by atoms with van der Waals surface area (Å²) >= 11 is 0. The smallest absolute Gasteiger partial charge is 0.307 e. The van der Waals surface area contributed by atoms with E-state index in [1.54, 1.807) is 0 Å². The van der Waals surface area contributed by atoms with Gasteiger partial charge >= 0.3 is 11.9 Å². The molecule has 166 valence electrons. The Bertz CT molecular complexity index is 353. The summed E-state index contributed by atoms with van der Waals surface area (Å²) in [6.45, 7) is 6.76. The standard InChI is InChI=1S/C20H40O2.C4H6O2/c1-2-3-4-5-6-7-8-9-10-11-12-13-14-15-16-17-18-19-20(21)22;1-3-6-4(2)5/h2-19H2,1H3,(H,21,22);3H,1H2,2H3. The van der Waals surface area contributed by atoms with Crippen LogP contribution in [0.1, 0.15) is 129 Å². The summed E-state index contributed by atoms with van der Waals surface area (Å²) in [5, 5.41) is 8.54. The predicted molar refractivity (Wildman–Crippen MR) is 118 cm³/mol. The largest absolute Gasteiger partial charge is 0.481 e. The summed E-state index contributed by atoms with van der Waals surface area (Å²) < 4.78 is 4.17. The molecule has 0 rings (SSSR count). The highest BCUT2D eigenvalue weighted by Crippen LogP contribution is 2.14. The zero-order valence-electron chi connectivity index (χ0n) is 18.7. The molecule has 0 aliphatic heterocycles. The molecule has 4 nitrogen and oxygen atoms in total. The fourth-order valence-corrected chi connectivity index (χ4v) is 3.12. The first-order valence-corrected chi connectivity index (χ1v) is 11.5. The van der Waals surface area contributed by atoms with Crippen LogP contribution >= 0.6 is 0 Å². The lowest BCUT2D eigenvalue weighted by Gasteiger charge is -2.03.